The second-order valence-electron chi connectivity index (χ2n) is 5.37. The summed E-state index contributed by atoms with van der Waals surface area (Å²) < 4.78 is 5.07. The maximum Gasteiger partial charge on any atom is 0.250 e. The summed E-state index contributed by atoms with van der Waals surface area (Å²) in [4.78, 5) is 26.9. The fourth-order valence-corrected chi connectivity index (χ4v) is 2.43. The lowest BCUT2D eigenvalue weighted by Gasteiger charge is -2.10. The van der Waals surface area contributed by atoms with Crippen molar-refractivity contribution in [1.82, 2.24) is 10.3 Å². The van der Waals surface area contributed by atoms with E-state index in [4.69, 9.17) is 10.2 Å². The van der Waals surface area contributed by atoms with E-state index in [0.29, 0.717) is 12.2 Å². The lowest BCUT2D eigenvalue weighted by molar-refractivity contribution is -0.128. The predicted molar refractivity (Wildman–Crippen MR) is 90.9 cm³/mol. The molecule has 2 aromatic heterocycles. The van der Waals surface area contributed by atoms with Gasteiger partial charge in [-0.1, -0.05) is 18.2 Å². The fourth-order valence-electron chi connectivity index (χ4n) is 2.43. The summed E-state index contributed by atoms with van der Waals surface area (Å²) in [6.07, 6.45) is 6.38. The number of para-hydroxylation sites is 1. The molecule has 2 amide bonds. The molecule has 3 rings (SSSR count). The molecule has 4 N–H and O–H groups in total. The van der Waals surface area contributed by atoms with Crippen LogP contribution >= 0.6 is 0 Å². The Morgan fingerprint density at radius 2 is 2.08 bits per heavy atom. The van der Waals surface area contributed by atoms with Crippen LogP contribution in [-0.2, 0) is 16.0 Å². The van der Waals surface area contributed by atoms with Crippen molar-refractivity contribution in [3.8, 4) is 0 Å². The van der Waals surface area contributed by atoms with E-state index in [0.717, 1.165) is 16.5 Å². The normalized spacial score (nSPS) is 12.5. The minimum atomic E-state index is -0.815. The van der Waals surface area contributed by atoms with Crippen LogP contribution in [0.15, 0.2) is 59.4 Å². The van der Waals surface area contributed by atoms with Gasteiger partial charge in [0.15, 0.2) is 0 Å². The summed E-state index contributed by atoms with van der Waals surface area (Å²) >= 11 is 0. The van der Waals surface area contributed by atoms with Crippen molar-refractivity contribution in [3.05, 3.63) is 66.3 Å². The van der Waals surface area contributed by atoms with Gasteiger partial charge in [0.2, 0.25) is 5.91 Å². The molecule has 6 heteroatoms. The molecular weight excluding hydrogens is 306 g/mol. The molecule has 24 heavy (non-hydrogen) atoms. The van der Waals surface area contributed by atoms with Crippen LogP contribution in [0.1, 0.15) is 11.3 Å². The second kappa shape index (κ2) is 6.97. The standard InChI is InChI=1S/C18H17N3O3/c19-15(10-12-11-20-16-6-2-1-5-14(12)16)18(23)21-17(22)8-7-13-4-3-9-24-13/h1-9,11,15,20H,10,19H2,(H,21,22,23)/t15-/m0/s1. The average Bonchev–Trinajstić information content (AvgIpc) is 3.23. The average molecular weight is 323 g/mol. The molecule has 0 radical (unpaired) electrons. The zero-order chi connectivity index (χ0) is 16.9. The van der Waals surface area contributed by atoms with Crippen molar-refractivity contribution >= 4 is 28.8 Å². The van der Waals surface area contributed by atoms with Gasteiger partial charge in [0.25, 0.3) is 5.91 Å². The molecule has 0 bridgehead atoms. The van der Waals surface area contributed by atoms with Gasteiger partial charge in [-0.25, -0.2) is 0 Å². The second-order valence-corrected chi connectivity index (χ2v) is 5.37. The number of aromatic amines is 1. The van der Waals surface area contributed by atoms with E-state index >= 15 is 0 Å². The van der Waals surface area contributed by atoms with Gasteiger partial charge in [-0.15, -0.1) is 0 Å². The number of carbonyl (C=O) groups excluding carboxylic acids is 2. The van der Waals surface area contributed by atoms with Crippen molar-refractivity contribution in [3.63, 3.8) is 0 Å². The van der Waals surface area contributed by atoms with E-state index in [-0.39, 0.29) is 0 Å². The largest absolute Gasteiger partial charge is 0.465 e. The first kappa shape index (κ1) is 15.8. The Kier molecular flexibility index (Phi) is 4.58. The third-order valence-corrected chi connectivity index (χ3v) is 3.64. The highest BCUT2D eigenvalue weighted by Crippen LogP contribution is 2.18. The quantitative estimate of drug-likeness (QED) is 0.625. The molecule has 0 saturated heterocycles. The molecule has 1 aromatic carbocycles. The molecule has 0 saturated carbocycles. The number of fused-ring (bicyclic) bond motifs is 1. The van der Waals surface area contributed by atoms with Crippen molar-refractivity contribution in [2.24, 2.45) is 5.73 Å². The first-order valence-corrected chi connectivity index (χ1v) is 7.50. The molecule has 2 heterocycles. The summed E-state index contributed by atoms with van der Waals surface area (Å²) in [6.45, 7) is 0. The van der Waals surface area contributed by atoms with Crippen LogP contribution in [-0.4, -0.2) is 22.8 Å². The van der Waals surface area contributed by atoms with Gasteiger partial charge in [-0.3, -0.25) is 14.9 Å². The molecular formula is C18H17N3O3. The number of H-pyrrole nitrogens is 1. The number of benzene rings is 1. The number of nitrogens with one attached hydrogen (secondary N) is 2. The number of rotatable bonds is 5. The lowest BCUT2D eigenvalue weighted by Crippen LogP contribution is -2.44. The maximum absolute atomic E-state index is 12.1. The molecule has 0 aliphatic carbocycles. The zero-order valence-electron chi connectivity index (χ0n) is 12.9. The topological polar surface area (TPSA) is 101 Å². The SMILES string of the molecule is N[C@@H](Cc1c[nH]c2ccccc12)C(=O)NC(=O)C=Cc1ccco1. The van der Waals surface area contributed by atoms with Crippen LogP contribution in [0.5, 0.6) is 0 Å². The zero-order valence-corrected chi connectivity index (χ0v) is 12.9. The number of hydrogen-bond acceptors (Lipinski definition) is 4. The molecule has 122 valence electrons. The number of hydrogen-bond donors (Lipinski definition) is 3. The summed E-state index contributed by atoms with van der Waals surface area (Å²) in [5.41, 5.74) is 7.84. The van der Waals surface area contributed by atoms with E-state index in [1.165, 1.54) is 18.4 Å². The van der Waals surface area contributed by atoms with Crippen LogP contribution < -0.4 is 11.1 Å². The van der Waals surface area contributed by atoms with Crippen LogP contribution in [0.3, 0.4) is 0 Å². The molecule has 1 atom stereocenters. The molecule has 0 aliphatic heterocycles. The maximum atomic E-state index is 12.1. The Bertz CT molecular complexity index is 878. The van der Waals surface area contributed by atoms with Crippen LogP contribution in [0, 0.1) is 0 Å². The van der Waals surface area contributed by atoms with Crippen molar-refractivity contribution in [2.45, 2.75) is 12.5 Å². The number of nitrogens with two attached hydrogens (primary N) is 1. The minimum absolute atomic E-state index is 0.338. The molecule has 0 aliphatic rings. The van der Waals surface area contributed by atoms with E-state index < -0.39 is 17.9 Å². The molecule has 3 aromatic rings. The van der Waals surface area contributed by atoms with Gasteiger partial charge in [-0.05, 0) is 36.3 Å². The van der Waals surface area contributed by atoms with E-state index in [1.807, 2.05) is 30.5 Å². The predicted octanol–water partition coefficient (Wildman–Crippen LogP) is 1.99. The smallest absolute Gasteiger partial charge is 0.250 e. The van der Waals surface area contributed by atoms with Crippen molar-refractivity contribution in [1.29, 1.82) is 0 Å². The molecule has 0 fully saturated rings. The van der Waals surface area contributed by atoms with Crippen LogP contribution in [0.4, 0.5) is 0 Å². The van der Waals surface area contributed by atoms with Gasteiger partial charge in [-0.2, -0.15) is 0 Å². The minimum Gasteiger partial charge on any atom is -0.465 e. The first-order valence-electron chi connectivity index (χ1n) is 7.50. The van der Waals surface area contributed by atoms with Crippen molar-refractivity contribution < 1.29 is 14.0 Å². The van der Waals surface area contributed by atoms with Gasteiger partial charge in [0, 0.05) is 23.2 Å². The van der Waals surface area contributed by atoms with Gasteiger partial charge in [0.1, 0.15) is 5.76 Å². The van der Waals surface area contributed by atoms with Gasteiger partial charge < -0.3 is 15.1 Å². The Morgan fingerprint density at radius 1 is 1.25 bits per heavy atom. The number of furan rings is 1. The Morgan fingerprint density at radius 3 is 2.88 bits per heavy atom. The first-order chi connectivity index (χ1) is 11.6. The van der Waals surface area contributed by atoms with Crippen LogP contribution in [0.2, 0.25) is 0 Å². The highest BCUT2D eigenvalue weighted by molar-refractivity contribution is 6.04. The van der Waals surface area contributed by atoms with E-state index in [2.05, 4.69) is 10.3 Å². The van der Waals surface area contributed by atoms with Crippen LogP contribution in [0.25, 0.3) is 17.0 Å². The Balaban J connectivity index is 1.59. The van der Waals surface area contributed by atoms with Gasteiger partial charge >= 0.3 is 0 Å². The highest BCUT2D eigenvalue weighted by Gasteiger charge is 2.17. The lowest BCUT2D eigenvalue weighted by atomic mass is 10.1. The summed E-state index contributed by atoms with van der Waals surface area (Å²) in [5, 5.41) is 3.28. The van der Waals surface area contributed by atoms with Crippen molar-refractivity contribution in [2.75, 3.05) is 0 Å². The number of carbonyl (C=O) groups is 2. The van der Waals surface area contributed by atoms with E-state index in [1.54, 1.807) is 12.1 Å². The fraction of sp³-hybridized carbons (Fsp3) is 0.111. The Hall–Kier alpha value is -3.12. The Labute approximate surface area is 138 Å². The summed E-state index contributed by atoms with van der Waals surface area (Å²) in [6, 6.07) is 10.4. The number of aromatic nitrogens is 1. The number of amides is 2. The summed E-state index contributed by atoms with van der Waals surface area (Å²) in [5.74, 6) is -0.527. The molecule has 0 spiro atoms. The van der Waals surface area contributed by atoms with Gasteiger partial charge in [0.05, 0.1) is 12.3 Å². The number of imide groups is 1. The molecule has 0 unspecified atom stereocenters. The third kappa shape index (κ3) is 3.61. The van der Waals surface area contributed by atoms with E-state index in [9.17, 15) is 9.59 Å². The molecule has 6 nitrogen and oxygen atoms in total. The third-order valence-electron chi connectivity index (χ3n) is 3.64. The highest BCUT2D eigenvalue weighted by atomic mass is 16.3. The summed E-state index contributed by atoms with van der Waals surface area (Å²) in [7, 11) is 0. The monoisotopic (exact) mass is 323 g/mol.